The highest BCUT2D eigenvalue weighted by molar-refractivity contribution is 9.10. The maximum absolute atomic E-state index is 11.8. The van der Waals surface area contributed by atoms with Crippen LogP contribution >= 0.6 is 15.9 Å². The van der Waals surface area contributed by atoms with Crippen LogP contribution in [-0.4, -0.2) is 36.4 Å². The Balaban J connectivity index is 2.05. The molecule has 1 fully saturated rings. The van der Waals surface area contributed by atoms with E-state index in [1.54, 1.807) is 0 Å². The van der Waals surface area contributed by atoms with E-state index < -0.39 is 11.5 Å². The molecule has 0 radical (unpaired) electrons. The van der Waals surface area contributed by atoms with Gasteiger partial charge in [0.2, 0.25) is 0 Å². The predicted molar refractivity (Wildman–Crippen MR) is 97.3 cm³/mol. The van der Waals surface area contributed by atoms with Crippen LogP contribution in [0.2, 0.25) is 0 Å². The number of aliphatic carboxylic acids is 1. The minimum atomic E-state index is -0.956. The van der Waals surface area contributed by atoms with Gasteiger partial charge in [0.15, 0.2) is 0 Å². The van der Waals surface area contributed by atoms with Crippen LogP contribution in [-0.2, 0) is 20.9 Å². The second kappa shape index (κ2) is 8.83. The van der Waals surface area contributed by atoms with Gasteiger partial charge in [-0.25, -0.2) is 4.79 Å². The van der Waals surface area contributed by atoms with E-state index >= 15 is 0 Å². The van der Waals surface area contributed by atoms with E-state index in [-0.39, 0.29) is 0 Å². The van der Waals surface area contributed by atoms with Crippen molar-refractivity contribution in [2.45, 2.75) is 45.3 Å². The first-order valence-electron chi connectivity index (χ1n) is 8.38. The molecule has 0 atom stereocenters. The summed E-state index contributed by atoms with van der Waals surface area (Å²) in [5.74, 6) is -0.214. The van der Waals surface area contributed by atoms with Crippen LogP contribution in [0, 0.1) is 5.92 Å². The molecule has 6 heteroatoms. The Morgan fingerprint density at radius 2 is 2.12 bits per heavy atom. The summed E-state index contributed by atoms with van der Waals surface area (Å²) in [4.78, 5) is 11.8. The van der Waals surface area contributed by atoms with Gasteiger partial charge < -0.3 is 19.9 Å². The molecule has 1 aliphatic rings. The smallest absolute Gasteiger partial charge is 0.329 e. The van der Waals surface area contributed by atoms with E-state index in [0.29, 0.717) is 38.6 Å². The van der Waals surface area contributed by atoms with Crippen LogP contribution in [0.1, 0.15) is 38.7 Å². The number of anilines is 1. The van der Waals surface area contributed by atoms with Crippen LogP contribution in [0.15, 0.2) is 22.7 Å². The molecule has 134 valence electrons. The Morgan fingerprint density at radius 3 is 2.75 bits per heavy atom. The SMILES string of the molecule is CC(C)CCOCc1cc(NC2(C(=O)O)CCOCC2)ccc1Br. The number of halogens is 1. The number of hydrogen-bond donors (Lipinski definition) is 2. The zero-order chi connectivity index (χ0) is 17.6. The van der Waals surface area contributed by atoms with Gasteiger partial charge in [0.1, 0.15) is 5.54 Å². The summed E-state index contributed by atoms with van der Waals surface area (Å²) in [6.45, 7) is 6.48. The zero-order valence-corrected chi connectivity index (χ0v) is 15.9. The zero-order valence-electron chi connectivity index (χ0n) is 14.3. The number of hydrogen-bond acceptors (Lipinski definition) is 4. The van der Waals surface area contributed by atoms with Crippen molar-refractivity contribution in [1.82, 2.24) is 0 Å². The van der Waals surface area contributed by atoms with E-state index in [1.807, 2.05) is 18.2 Å². The summed E-state index contributed by atoms with van der Waals surface area (Å²) in [6, 6.07) is 5.78. The summed E-state index contributed by atoms with van der Waals surface area (Å²) in [6.07, 6.45) is 1.94. The van der Waals surface area contributed by atoms with Gasteiger partial charge in [0.25, 0.3) is 0 Å². The van der Waals surface area contributed by atoms with Crippen molar-refractivity contribution in [1.29, 1.82) is 0 Å². The fourth-order valence-corrected chi connectivity index (χ4v) is 3.01. The van der Waals surface area contributed by atoms with E-state index in [0.717, 1.165) is 28.8 Å². The molecule has 0 aromatic heterocycles. The van der Waals surface area contributed by atoms with Gasteiger partial charge in [-0.1, -0.05) is 29.8 Å². The predicted octanol–water partition coefficient (Wildman–Crippen LogP) is 4.06. The normalized spacial score (nSPS) is 17.0. The number of carboxylic acids is 1. The molecule has 2 N–H and O–H groups in total. The lowest BCUT2D eigenvalue weighted by Crippen LogP contribution is -2.50. The molecular formula is C18H26BrNO4. The molecule has 0 bridgehead atoms. The fourth-order valence-electron chi connectivity index (χ4n) is 2.65. The van der Waals surface area contributed by atoms with E-state index in [9.17, 15) is 9.90 Å². The van der Waals surface area contributed by atoms with Gasteiger partial charge in [-0.2, -0.15) is 0 Å². The van der Waals surface area contributed by atoms with Crippen LogP contribution in [0.3, 0.4) is 0 Å². The molecule has 0 unspecified atom stereocenters. The third kappa shape index (κ3) is 5.19. The highest BCUT2D eigenvalue weighted by Gasteiger charge is 2.40. The number of carboxylic acid groups (broad SMARTS) is 1. The summed E-state index contributed by atoms with van der Waals surface area (Å²) in [7, 11) is 0. The first kappa shape index (κ1) is 19.2. The second-order valence-electron chi connectivity index (χ2n) is 6.67. The molecule has 1 aromatic carbocycles. The molecule has 1 aliphatic heterocycles. The Morgan fingerprint density at radius 1 is 1.42 bits per heavy atom. The van der Waals surface area contributed by atoms with Gasteiger partial charge in [0, 0.05) is 42.8 Å². The maximum atomic E-state index is 11.8. The van der Waals surface area contributed by atoms with Gasteiger partial charge in [-0.05, 0) is 36.1 Å². The Hall–Kier alpha value is -1.11. The topological polar surface area (TPSA) is 67.8 Å². The van der Waals surface area contributed by atoms with Gasteiger partial charge in [-0.15, -0.1) is 0 Å². The largest absolute Gasteiger partial charge is 0.480 e. The highest BCUT2D eigenvalue weighted by Crippen LogP contribution is 2.29. The van der Waals surface area contributed by atoms with E-state index in [1.165, 1.54) is 0 Å². The molecule has 0 aliphatic carbocycles. The number of ether oxygens (including phenoxy) is 2. The lowest BCUT2D eigenvalue weighted by atomic mass is 9.89. The molecule has 1 heterocycles. The molecular weight excluding hydrogens is 374 g/mol. The average Bonchev–Trinajstić information content (AvgIpc) is 2.55. The molecule has 2 rings (SSSR count). The monoisotopic (exact) mass is 399 g/mol. The summed E-state index contributed by atoms with van der Waals surface area (Å²) < 4.78 is 12.0. The fraction of sp³-hybridized carbons (Fsp3) is 0.611. The van der Waals surface area contributed by atoms with Crippen LogP contribution in [0.5, 0.6) is 0 Å². The van der Waals surface area contributed by atoms with Gasteiger partial charge in [-0.3, -0.25) is 0 Å². The summed E-state index contributed by atoms with van der Waals surface area (Å²) in [5, 5.41) is 12.9. The van der Waals surface area contributed by atoms with Crippen molar-refractivity contribution in [3.63, 3.8) is 0 Å². The number of benzene rings is 1. The number of carbonyl (C=O) groups is 1. The average molecular weight is 400 g/mol. The van der Waals surface area contributed by atoms with Crippen molar-refractivity contribution in [2.24, 2.45) is 5.92 Å². The maximum Gasteiger partial charge on any atom is 0.329 e. The first-order chi connectivity index (χ1) is 11.4. The van der Waals surface area contributed by atoms with E-state index in [2.05, 4.69) is 35.1 Å². The minimum absolute atomic E-state index is 0.457. The molecule has 24 heavy (non-hydrogen) atoms. The lowest BCUT2D eigenvalue weighted by Gasteiger charge is -2.35. The standard InChI is InChI=1S/C18H26BrNO4/c1-13(2)5-8-24-12-14-11-15(3-4-16(14)19)20-18(17(21)22)6-9-23-10-7-18/h3-4,11,13,20H,5-10,12H2,1-2H3,(H,21,22). The third-order valence-corrected chi connectivity index (χ3v) is 5.06. The van der Waals surface area contributed by atoms with Crippen LogP contribution in [0.4, 0.5) is 5.69 Å². The van der Waals surface area contributed by atoms with Crippen molar-refractivity contribution < 1.29 is 19.4 Å². The number of nitrogens with one attached hydrogen (secondary N) is 1. The van der Waals surface area contributed by atoms with Crippen molar-refractivity contribution in [2.75, 3.05) is 25.1 Å². The Bertz CT molecular complexity index is 556. The summed E-state index contributed by atoms with van der Waals surface area (Å²) >= 11 is 3.53. The van der Waals surface area contributed by atoms with Gasteiger partial charge in [0.05, 0.1) is 6.61 Å². The first-order valence-corrected chi connectivity index (χ1v) is 9.18. The van der Waals surface area contributed by atoms with Crippen molar-refractivity contribution in [3.05, 3.63) is 28.2 Å². The Kier molecular flexibility index (Phi) is 7.07. The van der Waals surface area contributed by atoms with Crippen LogP contribution in [0.25, 0.3) is 0 Å². The second-order valence-corrected chi connectivity index (χ2v) is 7.52. The minimum Gasteiger partial charge on any atom is -0.480 e. The van der Waals surface area contributed by atoms with Crippen molar-refractivity contribution >= 4 is 27.6 Å². The van der Waals surface area contributed by atoms with Gasteiger partial charge >= 0.3 is 5.97 Å². The van der Waals surface area contributed by atoms with Crippen LogP contribution < -0.4 is 5.32 Å². The molecule has 0 amide bonds. The van der Waals surface area contributed by atoms with E-state index in [4.69, 9.17) is 9.47 Å². The Labute approximate surface area is 151 Å². The lowest BCUT2D eigenvalue weighted by molar-refractivity contribution is -0.145. The highest BCUT2D eigenvalue weighted by atomic mass is 79.9. The van der Waals surface area contributed by atoms with Crippen molar-refractivity contribution in [3.8, 4) is 0 Å². The summed E-state index contributed by atoms with van der Waals surface area (Å²) in [5.41, 5.74) is 0.850. The quantitative estimate of drug-likeness (QED) is 0.645. The number of rotatable bonds is 8. The molecule has 0 spiro atoms. The molecule has 1 saturated heterocycles. The molecule has 1 aromatic rings. The molecule has 5 nitrogen and oxygen atoms in total. The third-order valence-electron chi connectivity index (χ3n) is 4.28. The molecule has 0 saturated carbocycles.